The normalized spacial score (nSPS) is 11.1. The van der Waals surface area contributed by atoms with Crippen molar-refractivity contribution in [2.75, 3.05) is 12.4 Å². The van der Waals surface area contributed by atoms with Crippen molar-refractivity contribution in [3.8, 4) is 5.75 Å². The van der Waals surface area contributed by atoms with Crippen molar-refractivity contribution in [1.29, 1.82) is 0 Å². The number of aromatic amines is 1. The van der Waals surface area contributed by atoms with Crippen LogP contribution in [0.25, 0.3) is 0 Å². The molecule has 1 aromatic carbocycles. The first-order valence-electron chi connectivity index (χ1n) is 6.06. The van der Waals surface area contributed by atoms with Gasteiger partial charge in [0, 0.05) is 18.0 Å². The minimum atomic E-state index is -4.50. The summed E-state index contributed by atoms with van der Waals surface area (Å²) in [5.74, 6) is -0.713. The average molecular weight is 312 g/mol. The molecule has 0 bridgehead atoms. The van der Waals surface area contributed by atoms with Gasteiger partial charge < -0.3 is 15.0 Å². The third kappa shape index (κ3) is 3.46. The molecule has 1 heterocycles. The number of methoxy groups -OCH3 is 1. The van der Waals surface area contributed by atoms with Gasteiger partial charge in [-0.15, -0.1) is 0 Å². The molecule has 8 heteroatoms. The van der Waals surface area contributed by atoms with Gasteiger partial charge in [-0.1, -0.05) is 6.07 Å². The first-order valence-corrected chi connectivity index (χ1v) is 6.06. The van der Waals surface area contributed by atoms with Gasteiger partial charge in [0.2, 0.25) is 5.43 Å². The summed E-state index contributed by atoms with van der Waals surface area (Å²) in [6.45, 7) is 0. The number of hydrogen-bond donors (Lipinski definition) is 2. The van der Waals surface area contributed by atoms with Gasteiger partial charge in [0.25, 0.3) is 5.91 Å². The van der Waals surface area contributed by atoms with Crippen LogP contribution in [-0.4, -0.2) is 18.0 Å². The topological polar surface area (TPSA) is 71.2 Å². The Labute approximate surface area is 122 Å². The number of benzene rings is 1. The zero-order valence-corrected chi connectivity index (χ0v) is 11.3. The molecule has 5 nitrogen and oxygen atoms in total. The summed E-state index contributed by atoms with van der Waals surface area (Å²) in [6.07, 6.45) is -3.31. The van der Waals surface area contributed by atoms with Crippen LogP contribution in [0.2, 0.25) is 0 Å². The number of halogens is 3. The molecule has 2 aromatic rings. The first-order chi connectivity index (χ1) is 10.3. The monoisotopic (exact) mass is 312 g/mol. The van der Waals surface area contributed by atoms with Gasteiger partial charge in [0.05, 0.1) is 12.7 Å². The fourth-order valence-electron chi connectivity index (χ4n) is 1.72. The number of alkyl halides is 3. The van der Waals surface area contributed by atoms with Crippen LogP contribution in [0.5, 0.6) is 5.75 Å². The Kier molecular flexibility index (Phi) is 4.20. The Bertz CT molecular complexity index is 753. The summed E-state index contributed by atoms with van der Waals surface area (Å²) in [5, 5.41) is 2.29. The van der Waals surface area contributed by atoms with Crippen LogP contribution in [0.1, 0.15) is 16.1 Å². The number of rotatable bonds is 3. The van der Waals surface area contributed by atoms with Crippen molar-refractivity contribution < 1.29 is 22.7 Å². The summed E-state index contributed by atoms with van der Waals surface area (Å²) < 4.78 is 42.5. The summed E-state index contributed by atoms with van der Waals surface area (Å²) >= 11 is 0. The smallest absolute Gasteiger partial charge is 0.416 e. The quantitative estimate of drug-likeness (QED) is 0.915. The summed E-state index contributed by atoms with van der Waals surface area (Å²) in [6, 6.07) is 5.19. The van der Waals surface area contributed by atoms with E-state index in [0.717, 1.165) is 18.2 Å². The maximum Gasteiger partial charge on any atom is 0.416 e. The molecule has 0 unspecified atom stereocenters. The van der Waals surface area contributed by atoms with Crippen LogP contribution < -0.4 is 15.5 Å². The number of carbonyl (C=O) groups is 1. The molecule has 0 spiro atoms. The Morgan fingerprint density at radius 2 is 2.00 bits per heavy atom. The first kappa shape index (κ1) is 15.6. The molecule has 0 saturated carbocycles. The standard InChI is InChI=1S/C14H11F3N2O3/c1-22-12-7-18-10(6-11(12)20)13(21)19-9-4-2-3-8(5-9)14(15,16)17/h2-7H,1H3,(H,18,20)(H,19,21). The molecule has 2 rings (SSSR count). The molecular formula is C14H11F3N2O3. The number of anilines is 1. The van der Waals surface area contributed by atoms with Crippen LogP contribution in [-0.2, 0) is 6.18 Å². The van der Waals surface area contributed by atoms with Crippen LogP contribution in [0.4, 0.5) is 18.9 Å². The number of pyridine rings is 1. The number of carbonyl (C=O) groups excluding carboxylic acids is 1. The maximum absolute atomic E-state index is 12.6. The summed E-state index contributed by atoms with van der Waals surface area (Å²) in [7, 11) is 1.30. The molecule has 0 aliphatic rings. The highest BCUT2D eigenvalue weighted by molar-refractivity contribution is 6.02. The Morgan fingerprint density at radius 3 is 2.59 bits per heavy atom. The summed E-state index contributed by atoms with van der Waals surface area (Å²) in [4.78, 5) is 26.0. The molecule has 1 aromatic heterocycles. The van der Waals surface area contributed by atoms with Crippen LogP contribution in [0, 0.1) is 0 Å². The van der Waals surface area contributed by atoms with E-state index in [2.05, 4.69) is 10.3 Å². The van der Waals surface area contributed by atoms with Gasteiger partial charge in [-0.3, -0.25) is 9.59 Å². The van der Waals surface area contributed by atoms with E-state index < -0.39 is 23.1 Å². The SMILES string of the molecule is COc1c[nH]c(C(=O)Nc2cccc(C(F)(F)F)c2)cc1=O. The van der Waals surface area contributed by atoms with Gasteiger partial charge in [0.15, 0.2) is 5.75 Å². The van der Waals surface area contributed by atoms with Gasteiger partial charge in [-0.2, -0.15) is 13.2 Å². The van der Waals surface area contributed by atoms with E-state index in [1.807, 2.05) is 0 Å². The molecular weight excluding hydrogens is 301 g/mol. The minimum absolute atomic E-state index is 0.0237. The van der Waals surface area contributed by atoms with Gasteiger partial charge in [-0.05, 0) is 18.2 Å². The van der Waals surface area contributed by atoms with Crippen molar-refractivity contribution in [2.45, 2.75) is 6.18 Å². The number of hydrogen-bond acceptors (Lipinski definition) is 3. The fraction of sp³-hybridized carbons (Fsp3) is 0.143. The molecule has 0 aliphatic carbocycles. The molecule has 0 radical (unpaired) electrons. The van der Waals surface area contributed by atoms with E-state index in [-0.39, 0.29) is 17.1 Å². The van der Waals surface area contributed by atoms with E-state index in [1.165, 1.54) is 25.4 Å². The number of H-pyrrole nitrogens is 1. The molecule has 2 N–H and O–H groups in total. The third-order valence-electron chi connectivity index (χ3n) is 2.79. The van der Waals surface area contributed by atoms with E-state index in [4.69, 9.17) is 4.74 Å². The van der Waals surface area contributed by atoms with E-state index in [0.29, 0.717) is 0 Å². The molecule has 1 amide bonds. The summed E-state index contributed by atoms with van der Waals surface area (Å²) in [5.41, 5.74) is -1.52. The fourth-order valence-corrected chi connectivity index (χ4v) is 1.72. The largest absolute Gasteiger partial charge is 0.491 e. The lowest BCUT2D eigenvalue weighted by Crippen LogP contribution is -2.17. The van der Waals surface area contributed by atoms with Crippen molar-refractivity contribution in [1.82, 2.24) is 4.98 Å². The van der Waals surface area contributed by atoms with Gasteiger partial charge in [-0.25, -0.2) is 0 Å². The van der Waals surface area contributed by atoms with E-state index in [1.54, 1.807) is 0 Å². The van der Waals surface area contributed by atoms with Crippen molar-refractivity contribution >= 4 is 11.6 Å². The van der Waals surface area contributed by atoms with Gasteiger partial charge in [0.1, 0.15) is 5.69 Å². The molecule has 0 aliphatic heterocycles. The van der Waals surface area contributed by atoms with Crippen molar-refractivity contribution in [3.63, 3.8) is 0 Å². The minimum Gasteiger partial charge on any atom is -0.491 e. The molecule has 0 atom stereocenters. The number of ether oxygens (including phenoxy) is 1. The highest BCUT2D eigenvalue weighted by atomic mass is 19.4. The number of nitrogens with one attached hydrogen (secondary N) is 2. The number of amides is 1. The molecule has 116 valence electrons. The highest BCUT2D eigenvalue weighted by Gasteiger charge is 2.30. The Hall–Kier alpha value is -2.77. The zero-order chi connectivity index (χ0) is 16.3. The van der Waals surface area contributed by atoms with Crippen molar-refractivity contribution in [3.05, 3.63) is 58.0 Å². The Balaban J connectivity index is 2.22. The van der Waals surface area contributed by atoms with E-state index >= 15 is 0 Å². The average Bonchev–Trinajstić information content (AvgIpc) is 2.46. The highest BCUT2D eigenvalue weighted by Crippen LogP contribution is 2.30. The second-order valence-electron chi connectivity index (χ2n) is 4.31. The lowest BCUT2D eigenvalue weighted by atomic mass is 10.2. The van der Waals surface area contributed by atoms with Gasteiger partial charge >= 0.3 is 6.18 Å². The third-order valence-corrected chi connectivity index (χ3v) is 2.79. The predicted octanol–water partition coefficient (Wildman–Crippen LogP) is 2.65. The van der Waals surface area contributed by atoms with E-state index in [9.17, 15) is 22.8 Å². The zero-order valence-electron chi connectivity index (χ0n) is 11.3. The number of aromatic nitrogens is 1. The molecule has 0 saturated heterocycles. The van der Waals surface area contributed by atoms with Crippen LogP contribution in [0.3, 0.4) is 0 Å². The second kappa shape index (κ2) is 5.92. The lowest BCUT2D eigenvalue weighted by molar-refractivity contribution is -0.137. The van der Waals surface area contributed by atoms with Crippen LogP contribution >= 0.6 is 0 Å². The van der Waals surface area contributed by atoms with Crippen LogP contribution in [0.15, 0.2) is 41.3 Å². The molecule has 0 fully saturated rings. The maximum atomic E-state index is 12.6. The Morgan fingerprint density at radius 1 is 1.27 bits per heavy atom. The predicted molar refractivity (Wildman–Crippen MR) is 73.0 cm³/mol. The lowest BCUT2D eigenvalue weighted by Gasteiger charge is -2.10. The second-order valence-corrected chi connectivity index (χ2v) is 4.31. The van der Waals surface area contributed by atoms with Crippen molar-refractivity contribution in [2.24, 2.45) is 0 Å². The molecule has 22 heavy (non-hydrogen) atoms.